The van der Waals surface area contributed by atoms with Crippen molar-refractivity contribution in [1.82, 2.24) is 51.1 Å². The number of likely N-dealkylation sites (N-methyl/N-ethyl adjacent to an activating group) is 4. The number of rotatable bonds is 34. The summed E-state index contributed by atoms with van der Waals surface area (Å²) >= 11 is 0. The van der Waals surface area contributed by atoms with E-state index in [0.29, 0.717) is 42.1 Å². The number of carbonyl (C=O) groups excluding carboxylic acids is 11. The quantitative estimate of drug-likeness (QED) is 0.00951. The Labute approximate surface area is 687 Å². The fraction of sp³-hybridized carbons (Fsp3) is 0.435. The molecule has 0 radical (unpaired) electrons. The van der Waals surface area contributed by atoms with Crippen LogP contribution in [0.4, 0.5) is 11.4 Å². The first-order chi connectivity index (χ1) is 55.2. The minimum atomic E-state index is -1.44. The molecule has 0 bridgehead atoms. The Morgan fingerprint density at radius 1 is 0.483 bits per heavy atom. The van der Waals surface area contributed by atoms with Gasteiger partial charge in [0.25, 0.3) is 35.0 Å². The molecule has 2 aliphatic heterocycles. The molecular formula is C85H110N12O21. The number of hydrogen-bond acceptors (Lipinski definition) is 21. The number of benzene rings is 6. The number of methoxy groups -OCH3 is 2. The molecule has 118 heavy (non-hydrogen) atoms. The van der Waals surface area contributed by atoms with Gasteiger partial charge in [-0.1, -0.05) is 68.1 Å². The number of carboxylic acids is 1. The lowest BCUT2D eigenvalue weighted by molar-refractivity contribution is -0.385. The molecule has 9 amide bonds. The largest absolute Gasteiger partial charge is 0.497 e. The van der Waals surface area contributed by atoms with Crippen LogP contribution in [-0.4, -0.2) is 225 Å². The standard InChI is InChI=1S/C42H52N6O10.C30H39N5O9.C12H15NO2.CH4/c1-41(2,45(5)35(49)29-17-21-31(22-18-29)48(55)56)39(53)43-25-11-15-33(37(51)47-26-12-16-34(47)38(52)58-27-28-13-9-8-10-14-28)44-40(54)42(3,4)46(6)36(50)30-19-23-32(57-7)24-20-30;1-29(2,33(5)24(36)19-10-14-21(15-11-19)35(42)43)27(40)31-18-8-9-23(26(38)39)32-28(41)30(3,4)34(6)25(37)20-12-16-22(44-7)17-13-20;14-12(11-7-4-8-13-11)15-9-10-5-2-1-3-6-10;/h8-10,13-14,17-24,33-34H,11-12,15-16,25-27H2,1-7H3,(H,43,53)(H,44,54);10-17,23H,8-9,18H2,1-7H3,(H,31,40)(H,32,41)(H,38,39);1-3,5-6,11,13H,4,7-9H2;1H4/t33-,34-;23-;11-;/m000./s1. The Balaban J connectivity index is 0.000000362. The number of amides is 9. The summed E-state index contributed by atoms with van der Waals surface area (Å²) in [6.07, 6.45) is 3.29. The average molecular weight is 1640 g/mol. The number of nitrogens with zero attached hydrogens (tertiary/aromatic N) is 7. The van der Waals surface area contributed by atoms with Gasteiger partial charge in [-0.25, -0.2) is 9.59 Å². The molecule has 0 aliphatic carbocycles. The van der Waals surface area contributed by atoms with Crippen LogP contribution in [0.5, 0.6) is 11.5 Å². The van der Waals surface area contributed by atoms with Crippen molar-refractivity contribution in [1.29, 1.82) is 0 Å². The highest BCUT2D eigenvalue weighted by molar-refractivity contribution is 6.02. The molecular weight excluding hydrogens is 1520 g/mol. The highest BCUT2D eigenvalue weighted by atomic mass is 16.6. The van der Waals surface area contributed by atoms with Crippen LogP contribution < -0.4 is 36.1 Å². The predicted molar refractivity (Wildman–Crippen MR) is 438 cm³/mol. The van der Waals surface area contributed by atoms with E-state index in [1.807, 2.05) is 60.7 Å². The van der Waals surface area contributed by atoms with Gasteiger partial charge in [-0.15, -0.1) is 0 Å². The second-order valence-corrected chi connectivity index (χ2v) is 30.0. The number of aliphatic carboxylic acids is 1. The van der Waals surface area contributed by atoms with Crippen LogP contribution in [0.25, 0.3) is 0 Å². The maximum absolute atomic E-state index is 14.3. The minimum Gasteiger partial charge on any atom is -0.497 e. The molecule has 2 aliphatic rings. The molecule has 0 saturated carbocycles. The molecule has 2 heterocycles. The van der Waals surface area contributed by atoms with Gasteiger partial charge >= 0.3 is 17.9 Å². The maximum atomic E-state index is 14.3. The van der Waals surface area contributed by atoms with E-state index in [4.69, 9.17) is 18.9 Å². The first kappa shape index (κ1) is 95.9. The van der Waals surface area contributed by atoms with E-state index in [1.54, 1.807) is 76.2 Å². The summed E-state index contributed by atoms with van der Waals surface area (Å²) < 4.78 is 21.1. The van der Waals surface area contributed by atoms with Crippen molar-refractivity contribution in [2.24, 2.45) is 0 Å². The summed E-state index contributed by atoms with van der Waals surface area (Å²) in [6, 6.07) is 38.3. The third-order valence-electron chi connectivity index (χ3n) is 20.8. The second kappa shape index (κ2) is 43.9. The Morgan fingerprint density at radius 3 is 1.16 bits per heavy atom. The van der Waals surface area contributed by atoms with Crippen LogP contribution in [-0.2, 0) is 61.0 Å². The number of hydrogen-bond donors (Lipinski definition) is 6. The van der Waals surface area contributed by atoms with E-state index >= 15 is 0 Å². The van der Waals surface area contributed by atoms with E-state index in [1.165, 1.54) is 143 Å². The SMILES string of the molecule is C.COc1ccc(C(=O)N(C)C(C)(C)C(=O)N[C@@H](CCCNC(=O)C(C)(C)N(C)C(=O)c2ccc([N+](=O)[O-])cc2)C(=O)N2CCC[C@H]2C(=O)OCc2ccccc2)cc1.COc1ccc(C(=O)N(C)C(C)(C)C(=O)N[C@@H](CCCNC(=O)C(C)(C)N(C)C(=O)c2ccc([N+](=O)[O-])cc2)C(=O)O)cc1.O=C(OCc1ccccc1)[C@@H]1CCCN1. The summed E-state index contributed by atoms with van der Waals surface area (Å²) in [6.45, 7) is 14.0. The van der Waals surface area contributed by atoms with Crippen molar-refractivity contribution >= 4 is 82.4 Å². The minimum absolute atomic E-state index is 0. The van der Waals surface area contributed by atoms with Crippen LogP contribution in [0.3, 0.4) is 0 Å². The van der Waals surface area contributed by atoms with Crippen molar-refractivity contribution < 1.29 is 91.4 Å². The molecule has 8 rings (SSSR count). The van der Waals surface area contributed by atoms with Gasteiger partial charge < -0.3 is 75.1 Å². The maximum Gasteiger partial charge on any atom is 0.329 e. The van der Waals surface area contributed by atoms with Gasteiger partial charge in [-0.05, 0) is 197 Å². The van der Waals surface area contributed by atoms with E-state index in [9.17, 15) is 82.9 Å². The van der Waals surface area contributed by atoms with Gasteiger partial charge in [0.05, 0.1) is 24.1 Å². The fourth-order valence-electron chi connectivity index (χ4n) is 12.0. The summed E-state index contributed by atoms with van der Waals surface area (Å²) in [5, 5.41) is 45.5. The lowest BCUT2D eigenvalue weighted by Gasteiger charge is -2.36. The third kappa shape index (κ3) is 25.9. The van der Waals surface area contributed by atoms with Crippen LogP contribution in [0, 0.1) is 20.2 Å². The van der Waals surface area contributed by atoms with Crippen LogP contribution in [0.15, 0.2) is 158 Å². The lowest BCUT2D eigenvalue weighted by atomic mass is 9.98. The highest BCUT2D eigenvalue weighted by Gasteiger charge is 2.44. The number of nitro benzene ring substituents is 2. The monoisotopic (exact) mass is 1630 g/mol. The number of carboxylic acid groups (broad SMARTS) is 1. The van der Waals surface area contributed by atoms with Crippen LogP contribution in [0.1, 0.15) is 167 Å². The fourth-order valence-corrected chi connectivity index (χ4v) is 12.0. The zero-order valence-corrected chi connectivity index (χ0v) is 68.5. The Kier molecular flexibility index (Phi) is 35.7. The zero-order valence-electron chi connectivity index (χ0n) is 68.5. The van der Waals surface area contributed by atoms with Crippen molar-refractivity contribution in [3.63, 3.8) is 0 Å². The van der Waals surface area contributed by atoms with E-state index in [0.717, 1.165) is 30.5 Å². The van der Waals surface area contributed by atoms with Gasteiger partial charge in [0.2, 0.25) is 29.5 Å². The van der Waals surface area contributed by atoms with Gasteiger partial charge in [-0.2, -0.15) is 0 Å². The summed E-state index contributed by atoms with van der Waals surface area (Å²) in [5.74, 6) is -5.58. The molecule has 636 valence electrons. The smallest absolute Gasteiger partial charge is 0.329 e. The molecule has 2 fully saturated rings. The van der Waals surface area contributed by atoms with Crippen molar-refractivity contribution in [2.45, 2.75) is 174 Å². The lowest BCUT2D eigenvalue weighted by Crippen LogP contribution is -2.60. The third-order valence-corrected chi connectivity index (χ3v) is 20.8. The van der Waals surface area contributed by atoms with E-state index < -0.39 is 115 Å². The summed E-state index contributed by atoms with van der Waals surface area (Å²) in [4.78, 5) is 184. The molecule has 4 atom stereocenters. The molecule has 33 heteroatoms. The number of carbonyl (C=O) groups is 12. The highest BCUT2D eigenvalue weighted by Crippen LogP contribution is 2.27. The van der Waals surface area contributed by atoms with Gasteiger partial charge in [0.15, 0.2) is 0 Å². The Hall–Kier alpha value is -12.7. The predicted octanol–water partition coefficient (Wildman–Crippen LogP) is 8.71. The molecule has 0 spiro atoms. The first-order valence-corrected chi connectivity index (χ1v) is 38.0. The molecule has 6 N–H and O–H groups in total. The van der Waals surface area contributed by atoms with E-state index in [-0.39, 0.29) is 93.9 Å². The molecule has 0 unspecified atom stereocenters. The van der Waals surface area contributed by atoms with Crippen LogP contribution in [0.2, 0.25) is 0 Å². The van der Waals surface area contributed by atoms with Crippen molar-refractivity contribution in [2.75, 3.05) is 68.6 Å². The summed E-state index contributed by atoms with van der Waals surface area (Å²) in [5.41, 5.74) is -3.05. The zero-order chi connectivity index (χ0) is 86.7. The number of nitrogens with one attached hydrogen (secondary N) is 5. The number of ether oxygens (including phenoxy) is 4. The topological polar surface area (TPSA) is 425 Å². The van der Waals surface area contributed by atoms with Gasteiger partial charge in [0, 0.05) is 94.3 Å². The van der Waals surface area contributed by atoms with E-state index in [2.05, 4.69) is 26.6 Å². The van der Waals surface area contributed by atoms with Gasteiger partial charge in [-0.3, -0.25) is 68.2 Å². The van der Waals surface area contributed by atoms with Crippen molar-refractivity contribution in [3.05, 3.63) is 211 Å². The molecule has 6 aromatic carbocycles. The van der Waals surface area contributed by atoms with Gasteiger partial charge in [0.1, 0.15) is 71.0 Å². The number of non-ortho nitro benzene ring substituents is 2. The normalized spacial score (nSPS) is 14.1. The van der Waals surface area contributed by atoms with Crippen molar-refractivity contribution in [3.8, 4) is 11.5 Å². The average Bonchev–Trinajstić information content (AvgIpc) is 1.16. The Bertz CT molecular complexity index is 4460. The number of likely N-dealkylation sites (tertiary alicyclic amines) is 1. The number of nitro groups is 2. The molecule has 2 saturated heterocycles. The second-order valence-electron chi connectivity index (χ2n) is 30.0. The molecule has 6 aromatic rings. The summed E-state index contributed by atoms with van der Waals surface area (Å²) in [7, 11) is 8.82. The first-order valence-electron chi connectivity index (χ1n) is 38.0. The van der Waals surface area contributed by atoms with Crippen LogP contribution >= 0.6 is 0 Å². The number of esters is 2. The Morgan fingerprint density at radius 2 is 0.822 bits per heavy atom. The molecule has 0 aromatic heterocycles. The molecule has 33 nitrogen and oxygen atoms in total.